The van der Waals surface area contributed by atoms with Gasteiger partial charge in [-0.2, -0.15) is 13.2 Å². The van der Waals surface area contributed by atoms with Crippen LogP contribution in [0, 0.1) is 0 Å². The van der Waals surface area contributed by atoms with Crippen molar-refractivity contribution in [2.45, 2.75) is 25.1 Å². The SMILES string of the molecule is CN1CCC[C@@H](N/C=C/c2c(Cl)nnc(Cl)c2C(F)(F)F)C1. The van der Waals surface area contributed by atoms with Crippen molar-refractivity contribution >= 4 is 29.3 Å². The summed E-state index contributed by atoms with van der Waals surface area (Å²) in [5.41, 5.74) is -1.36. The molecule has 1 atom stereocenters. The van der Waals surface area contributed by atoms with Crippen molar-refractivity contribution < 1.29 is 13.2 Å². The summed E-state index contributed by atoms with van der Waals surface area (Å²) >= 11 is 11.3. The first-order valence-electron chi connectivity index (χ1n) is 6.69. The Kier molecular flexibility index (Phi) is 5.52. The van der Waals surface area contributed by atoms with E-state index in [0.29, 0.717) is 0 Å². The predicted octanol–water partition coefficient (Wildman–Crippen LogP) is 3.46. The van der Waals surface area contributed by atoms with Crippen LogP contribution in [0.2, 0.25) is 10.3 Å². The molecule has 0 spiro atoms. The molecule has 1 aromatic heterocycles. The van der Waals surface area contributed by atoms with Crippen molar-refractivity contribution in [2.24, 2.45) is 0 Å². The van der Waals surface area contributed by atoms with Crippen LogP contribution in [0.4, 0.5) is 13.2 Å². The van der Waals surface area contributed by atoms with Gasteiger partial charge < -0.3 is 10.2 Å². The fourth-order valence-corrected chi connectivity index (χ4v) is 2.84. The van der Waals surface area contributed by atoms with E-state index < -0.39 is 16.9 Å². The third kappa shape index (κ3) is 4.24. The summed E-state index contributed by atoms with van der Waals surface area (Å²) in [4.78, 5) is 2.16. The topological polar surface area (TPSA) is 41.0 Å². The van der Waals surface area contributed by atoms with Crippen molar-refractivity contribution in [3.05, 3.63) is 27.6 Å². The van der Waals surface area contributed by atoms with Gasteiger partial charge in [0, 0.05) is 18.2 Å². The van der Waals surface area contributed by atoms with E-state index >= 15 is 0 Å². The minimum atomic E-state index is -4.65. The van der Waals surface area contributed by atoms with Crippen LogP contribution in [0.3, 0.4) is 0 Å². The minimum absolute atomic E-state index is 0.188. The number of likely N-dealkylation sites (tertiary alicyclic amines) is 1. The number of hydrogen-bond donors (Lipinski definition) is 1. The molecule has 1 aliphatic rings. The second-order valence-electron chi connectivity index (χ2n) is 5.17. The average Bonchev–Trinajstić information content (AvgIpc) is 2.41. The van der Waals surface area contributed by atoms with E-state index in [1.807, 2.05) is 7.05 Å². The average molecular weight is 355 g/mol. The quantitative estimate of drug-likeness (QED) is 0.902. The molecule has 1 saturated heterocycles. The van der Waals surface area contributed by atoms with E-state index in [1.165, 1.54) is 12.3 Å². The lowest BCUT2D eigenvalue weighted by atomic mass is 10.1. The van der Waals surface area contributed by atoms with Crippen molar-refractivity contribution in [1.82, 2.24) is 20.4 Å². The standard InChI is InChI=1S/C13H15Cl2F3N4/c1-22-6-2-3-8(7-22)19-5-4-9-10(13(16,17)18)12(15)21-20-11(9)14/h4-5,8,19H,2-3,6-7H2,1H3/b5-4+/t8-/m1/s1. The van der Waals surface area contributed by atoms with Crippen LogP contribution in [0.25, 0.3) is 6.08 Å². The van der Waals surface area contributed by atoms with Gasteiger partial charge in [0.05, 0.1) is 0 Å². The number of rotatable bonds is 3. The third-order valence-electron chi connectivity index (χ3n) is 3.41. The van der Waals surface area contributed by atoms with Gasteiger partial charge in [-0.25, -0.2) is 0 Å². The number of alkyl halides is 3. The molecular formula is C13H15Cl2F3N4. The van der Waals surface area contributed by atoms with Crippen LogP contribution in [0.15, 0.2) is 6.20 Å². The highest BCUT2D eigenvalue weighted by Gasteiger charge is 2.37. The largest absolute Gasteiger partial charge is 0.420 e. The van der Waals surface area contributed by atoms with Crippen LogP contribution < -0.4 is 5.32 Å². The second-order valence-corrected chi connectivity index (χ2v) is 5.89. The predicted molar refractivity (Wildman–Crippen MR) is 79.7 cm³/mol. The van der Waals surface area contributed by atoms with Gasteiger partial charge in [0.25, 0.3) is 0 Å². The minimum Gasteiger partial charge on any atom is -0.387 e. The first kappa shape index (κ1) is 17.3. The molecule has 1 aliphatic heterocycles. The number of halogens is 5. The van der Waals surface area contributed by atoms with Crippen LogP contribution in [0.1, 0.15) is 24.0 Å². The van der Waals surface area contributed by atoms with Gasteiger partial charge in [0.2, 0.25) is 0 Å². The van der Waals surface area contributed by atoms with Crippen LogP contribution >= 0.6 is 23.2 Å². The Balaban J connectivity index is 2.18. The molecule has 1 fully saturated rings. The smallest absolute Gasteiger partial charge is 0.387 e. The van der Waals surface area contributed by atoms with E-state index in [-0.39, 0.29) is 16.8 Å². The Bertz CT molecular complexity index is 563. The van der Waals surface area contributed by atoms with Crippen LogP contribution in [-0.2, 0) is 6.18 Å². The lowest BCUT2D eigenvalue weighted by Crippen LogP contribution is -2.41. The fraction of sp³-hybridized carbons (Fsp3) is 0.538. The number of hydrogen-bond acceptors (Lipinski definition) is 4. The summed E-state index contributed by atoms with van der Waals surface area (Å²) in [5.74, 6) is 0. The Morgan fingerprint density at radius 3 is 2.59 bits per heavy atom. The molecule has 0 unspecified atom stereocenters. The monoisotopic (exact) mass is 354 g/mol. The van der Waals surface area contributed by atoms with E-state index in [4.69, 9.17) is 23.2 Å². The first-order valence-corrected chi connectivity index (χ1v) is 7.44. The number of piperidine rings is 1. The van der Waals surface area contributed by atoms with Crippen LogP contribution in [-0.4, -0.2) is 41.3 Å². The lowest BCUT2D eigenvalue weighted by molar-refractivity contribution is -0.137. The zero-order valence-corrected chi connectivity index (χ0v) is 13.3. The van der Waals surface area contributed by atoms with E-state index in [9.17, 15) is 13.2 Å². The van der Waals surface area contributed by atoms with Gasteiger partial charge >= 0.3 is 6.18 Å². The summed E-state index contributed by atoms with van der Waals surface area (Å²) in [5, 5.41) is 8.68. The molecule has 2 rings (SSSR count). The maximum Gasteiger partial charge on any atom is 0.420 e. The van der Waals surface area contributed by atoms with Crippen molar-refractivity contribution in [3.8, 4) is 0 Å². The molecule has 9 heteroatoms. The van der Waals surface area contributed by atoms with E-state index in [1.54, 1.807) is 0 Å². The molecule has 2 heterocycles. The summed E-state index contributed by atoms with van der Waals surface area (Å²) in [6, 6.07) is 0.188. The van der Waals surface area contributed by atoms with Gasteiger partial charge in [0.1, 0.15) is 5.56 Å². The molecule has 1 aromatic rings. The maximum absolute atomic E-state index is 13.1. The Morgan fingerprint density at radius 2 is 1.95 bits per heavy atom. The Labute approximate surface area is 136 Å². The molecule has 0 bridgehead atoms. The molecule has 0 radical (unpaired) electrons. The maximum atomic E-state index is 13.1. The molecule has 0 aliphatic carbocycles. The summed E-state index contributed by atoms with van der Waals surface area (Å²) < 4.78 is 39.2. The highest BCUT2D eigenvalue weighted by Crippen LogP contribution is 2.38. The molecule has 122 valence electrons. The Hall–Kier alpha value is -1.05. The summed E-state index contributed by atoms with van der Waals surface area (Å²) in [6.07, 6.45) is 0.0447. The second kappa shape index (κ2) is 7.02. The van der Waals surface area contributed by atoms with Crippen LogP contribution in [0.5, 0.6) is 0 Å². The number of likely N-dealkylation sites (N-methyl/N-ethyl adjacent to an activating group) is 1. The number of aromatic nitrogens is 2. The molecule has 22 heavy (non-hydrogen) atoms. The molecule has 0 amide bonds. The highest BCUT2D eigenvalue weighted by molar-refractivity contribution is 6.33. The number of nitrogens with one attached hydrogen (secondary N) is 1. The van der Waals surface area contributed by atoms with Gasteiger partial charge in [-0.1, -0.05) is 23.2 Å². The summed E-state index contributed by atoms with van der Waals surface area (Å²) in [7, 11) is 2.00. The summed E-state index contributed by atoms with van der Waals surface area (Å²) in [6.45, 7) is 1.86. The van der Waals surface area contributed by atoms with Crippen molar-refractivity contribution in [2.75, 3.05) is 20.1 Å². The van der Waals surface area contributed by atoms with Crippen molar-refractivity contribution in [3.63, 3.8) is 0 Å². The third-order valence-corrected chi connectivity index (χ3v) is 3.96. The first-order chi connectivity index (χ1) is 10.3. The fourth-order valence-electron chi connectivity index (χ4n) is 2.40. The zero-order valence-electron chi connectivity index (χ0n) is 11.8. The van der Waals surface area contributed by atoms with Gasteiger partial charge in [-0.15, -0.1) is 10.2 Å². The van der Waals surface area contributed by atoms with E-state index in [2.05, 4.69) is 20.4 Å². The molecule has 4 nitrogen and oxygen atoms in total. The van der Waals surface area contributed by atoms with E-state index in [0.717, 1.165) is 25.9 Å². The van der Waals surface area contributed by atoms with Gasteiger partial charge in [-0.3, -0.25) is 0 Å². The van der Waals surface area contributed by atoms with Crippen molar-refractivity contribution in [1.29, 1.82) is 0 Å². The highest BCUT2D eigenvalue weighted by atomic mass is 35.5. The van der Waals surface area contributed by atoms with Gasteiger partial charge in [-0.05, 0) is 38.7 Å². The zero-order chi connectivity index (χ0) is 16.3. The molecule has 0 aromatic carbocycles. The molecular weight excluding hydrogens is 340 g/mol. The molecule has 1 N–H and O–H groups in total. The van der Waals surface area contributed by atoms with Gasteiger partial charge in [0.15, 0.2) is 10.3 Å². The normalized spacial score (nSPS) is 20.5. The number of nitrogens with zero attached hydrogens (tertiary/aromatic N) is 3. The lowest BCUT2D eigenvalue weighted by Gasteiger charge is -2.29. The Morgan fingerprint density at radius 1 is 1.27 bits per heavy atom. The molecule has 0 saturated carbocycles.